The maximum Gasteiger partial charge on any atom is 0.328 e. The molecule has 1 aliphatic heterocycles. The van der Waals surface area contributed by atoms with Crippen LogP contribution in [0.5, 0.6) is 5.75 Å². The van der Waals surface area contributed by atoms with Crippen molar-refractivity contribution in [2.45, 2.75) is 19.4 Å². The monoisotopic (exact) mass is 278 g/mol. The van der Waals surface area contributed by atoms with E-state index in [0.29, 0.717) is 25.4 Å². The lowest BCUT2D eigenvalue weighted by Crippen LogP contribution is -2.56. The molecule has 0 radical (unpaired) electrons. The zero-order valence-corrected chi connectivity index (χ0v) is 12.1. The van der Waals surface area contributed by atoms with Crippen LogP contribution in [0.4, 0.5) is 0 Å². The Kier molecular flexibility index (Phi) is 4.62. The van der Waals surface area contributed by atoms with E-state index in [1.54, 1.807) is 6.92 Å². The fraction of sp³-hybridized carbons (Fsp3) is 0.533. The molecule has 0 aliphatic carbocycles. The van der Waals surface area contributed by atoms with Crippen molar-refractivity contribution in [2.75, 3.05) is 32.8 Å². The summed E-state index contributed by atoms with van der Waals surface area (Å²) in [5.41, 5.74) is -0.343. The number of carboxylic acids is 1. The average molecular weight is 278 g/mol. The topological polar surface area (TPSA) is 61.8 Å². The van der Waals surface area contributed by atoms with Gasteiger partial charge in [-0.1, -0.05) is 18.2 Å². The maximum absolute atomic E-state index is 12.0. The van der Waals surface area contributed by atoms with Crippen LogP contribution in [0.1, 0.15) is 19.4 Å². The Morgan fingerprint density at radius 3 is 2.65 bits per heavy atom. The molecule has 2 rings (SSSR count). The van der Waals surface area contributed by atoms with E-state index in [4.69, 9.17) is 4.74 Å². The van der Waals surface area contributed by atoms with Gasteiger partial charge in [-0.25, -0.2) is 4.79 Å². The molecule has 1 heterocycles. The van der Waals surface area contributed by atoms with Gasteiger partial charge in [0.1, 0.15) is 11.3 Å². The Morgan fingerprint density at radius 2 is 2.05 bits per heavy atom. The first kappa shape index (κ1) is 14.8. The summed E-state index contributed by atoms with van der Waals surface area (Å²) in [7, 11) is 0. The summed E-state index contributed by atoms with van der Waals surface area (Å²) in [6, 6.07) is 7.42. The molecule has 1 aromatic rings. The molecule has 1 fully saturated rings. The zero-order chi connectivity index (χ0) is 14.6. The highest BCUT2D eigenvalue weighted by Gasteiger charge is 2.43. The molecule has 0 spiro atoms. The number of rotatable bonds is 5. The number of hydrogen-bond acceptors (Lipinski definition) is 4. The average Bonchev–Trinajstić information content (AvgIpc) is 2.48. The molecule has 1 atom stereocenters. The Hall–Kier alpha value is -1.59. The molecule has 5 heteroatoms. The van der Waals surface area contributed by atoms with Crippen LogP contribution in [0.3, 0.4) is 0 Å². The van der Waals surface area contributed by atoms with Crippen molar-refractivity contribution in [3.05, 3.63) is 29.8 Å². The Labute approximate surface area is 119 Å². The third kappa shape index (κ3) is 2.64. The van der Waals surface area contributed by atoms with Crippen LogP contribution in [0, 0.1) is 0 Å². The van der Waals surface area contributed by atoms with E-state index >= 15 is 0 Å². The van der Waals surface area contributed by atoms with Crippen molar-refractivity contribution < 1.29 is 14.6 Å². The fourth-order valence-electron chi connectivity index (χ4n) is 2.68. The second-order valence-electron chi connectivity index (χ2n) is 5.04. The molecule has 0 bridgehead atoms. The van der Waals surface area contributed by atoms with Gasteiger partial charge in [-0.05, 0) is 19.9 Å². The van der Waals surface area contributed by atoms with Crippen molar-refractivity contribution in [1.29, 1.82) is 0 Å². The van der Waals surface area contributed by atoms with Gasteiger partial charge in [-0.15, -0.1) is 0 Å². The number of nitrogens with one attached hydrogen (secondary N) is 1. The number of piperazine rings is 1. The molecule has 5 nitrogen and oxygen atoms in total. The molecule has 2 N–H and O–H groups in total. The molecular formula is C15H22N2O3. The molecule has 0 amide bonds. The van der Waals surface area contributed by atoms with Gasteiger partial charge in [0.15, 0.2) is 0 Å². The number of benzene rings is 1. The largest absolute Gasteiger partial charge is 0.494 e. The van der Waals surface area contributed by atoms with Crippen LogP contribution in [0.25, 0.3) is 0 Å². The molecule has 1 saturated heterocycles. The number of aliphatic carboxylic acids is 1. The Bertz CT molecular complexity index is 472. The van der Waals surface area contributed by atoms with Gasteiger partial charge in [-0.3, -0.25) is 4.90 Å². The first-order valence-corrected chi connectivity index (χ1v) is 7.02. The van der Waals surface area contributed by atoms with E-state index in [-0.39, 0.29) is 0 Å². The van der Waals surface area contributed by atoms with Crippen LogP contribution in [-0.2, 0) is 10.3 Å². The summed E-state index contributed by atoms with van der Waals surface area (Å²) in [6.45, 7) is 7.22. The second-order valence-corrected chi connectivity index (χ2v) is 5.04. The highest BCUT2D eigenvalue weighted by Crippen LogP contribution is 2.35. The third-order valence-electron chi connectivity index (χ3n) is 3.88. The van der Waals surface area contributed by atoms with Crippen LogP contribution < -0.4 is 10.1 Å². The number of ether oxygens (including phenoxy) is 1. The molecule has 1 aliphatic rings. The number of carbonyl (C=O) groups is 1. The van der Waals surface area contributed by atoms with E-state index in [2.05, 4.69) is 5.32 Å². The lowest BCUT2D eigenvalue weighted by Gasteiger charge is -2.41. The van der Waals surface area contributed by atoms with E-state index in [1.165, 1.54) is 0 Å². The van der Waals surface area contributed by atoms with Crippen LogP contribution in [0.15, 0.2) is 24.3 Å². The van der Waals surface area contributed by atoms with E-state index in [1.807, 2.05) is 36.1 Å². The summed E-state index contributed by atoms with van der Waals surface area (Å²) >= 11 is 0. The highest BCUT2D eigenvalue weighted by atomic mass is 16.5. The van der Waals surface area contributed by atoms with Crippen LogP contribution in [0.2, 0.25) is 0 Å². The Balaban J connectivity index is 2.44. The maximum atomic E-state index is 12.0. The number of nitrogens with zero attached hydrogens (tertiary/aromatic N) is 1. The van der Waals surface area contributed by atoms with Crippen molar-refractivity contribution in [3.63, 3.8) is 0 Å². The molecule has 20 heavy (non-hydrogen) atoms. The summed E-state index contributed by atoms with van der Waals surface area (Å²) in [4.78, 5) is 14.0. The van der Waals surface area contributed by atoms with Gasteiger partial charge in [0.25, 0.3) is 0 Å². The van der Waals surface area contributed by atoms with Gasteiger partial charge in [0.2, 0.25) is 0 Å². The predicted molar refractivity (Wildman–Crippen MR) is 77.0 cm³/mol. The molecule has 0 saturated carbocycles. The molecular weight excluding hydrogens is 256 g/mol. The third-order valence-corrected chi connectivity index (χ3v) is 3.88. The standard InChI is InChI=1S/C15H22N2O3/c1-3-20-13-7-5-4-6-12(13)15(2,14(18)19)17-10-8-16-9-11-17/h4-7,16H,3,8-11H2,1-2H3,(H,18,19). The lowest BCUT2D eigenvalue weighted by atomic mass is 9.88. The van der Waals surface area contributed by atoms with Crippen molar-refractivity contribution in [2.24, 2.45) is 0 Å². The Morgan fingerprint density at radius 1 is 1.40 bits per heavy atom. The molecule has 0 aromatic heterocycles. The number of para-hydroxylation sites is 1. The van der Waals surface area contributed by atoms with Gasteiger partial charge < -0.3 is 15.2 Å². The smallest absolute Gasteiger partial charge is 0.328 e. The van der Waals surface area contributed by atoms with Gasteiger partial charge in [-0.2, -0.15) is 0 Å². The second kappa shape index (κ2) is 6.24. The van der Waals surface area contributed by atoms with Gasteiger partial charge in [0, 0.05) is 31.7 Å². The summed E-state index contributed by atoms with van der Waals surface area (Å²) in [6.07, 6.45) is 0. The summed E-state index contributed by atoms with van der Waals surface area (Å²) in [5, 5.41) is 13.1. The fourth-order valence-corrected chi connectivity index (χ4v) is 2.68. The van der Waals surface area contributed by atoms with E-state index < -0.39 is 11.5 Å². The molecule has 110 valence electrons. The molecule has 1 unspecified atom stereocenters. The first-order chi connectivity index (χ1) is 9.60. The minimum absolute atomic E-state index is 0.522. The molecule has 1 aromatic carbocycles. The van der Waals surface area contributed by atoms with Crippen LogP contribution in [-0.4, -0.2) is 48.8 Å². The zero-order valence-electron chi connectivity index (χ0n) is 12.1. The normalized spacial score (nSPS) is 19.3. The summed E-state index contributed by atoms with van der Waals surface area (Å²) < 4.78 is 5.62. The van der Waals surface area contributed by atoms with Crippen molar-refractivity contribution in [1.82, 2.24) is 10.2 Å². The van der Waals surface area contributed by atoms with Gasteiger partial charge >= 0.3 is 5.97 Å². The predicted octanol–water partition coefficient (Wildman–Crippen LogP) is 1.29. The quantitative estimate of drug-likeness (QED) is 0.850. The minimum Gasteiger partial charge on any atom is -0.494 e. The first-order valence-electron chi connectivity index (χ1n) is 7.02. The summed E-state index contributed by atoms with van der Waals surface area (Å²) in [5.74, 6) is -0.190. The number of hydrogen-bond donors (Lipinski definition) is 2. The highest BCUT2D eigenvalue weighted by molar-refractivity contribution is 5.81. The minimum atomic E-state index is -1.06. The van der Waals surface area contributed by atoms with Gasteiger partial charge in [0.05, 0.1) is 6.61 Å². The van der Waals surface area contributed by atoms with E-state index in [9.17, 15) is 9.90 Å². The van der Waals surface area contributed by atoms with Crippen LogP contribution >= 0.6 is 0 Å². The lowest BCUT2D eigenvalue weighted by molar-refractivity contribution is -0.152. The SMILES string of the molecule is CCOc1ccccc1C(C)(C(=O)O)N1CCNCC1. The van der Waals surface area contributed by atoms with Crippen molar-refractivity contribution >= 4 is 5.97 Å². The number of carboxylic acid groups (broad SMARTS) is 1. The van der Waals surface area contributed by atoms with Crippen molar-refractivity contribution in [3.8, 4) is 5.75 Å². The van der Waals surface area contributed by atoms with E-state index in [0.717, 1.165) is 18.7 Å².